The Morgan fingerprint density at radius 1 is 1.29 bits per heavy atom. The van der Waals surface area contributed by atoms with Gasteiger partial charge >= 0.3 is 0 Å². The summed E-state index contributed by atoms with van der Waals surface area (Å²) < 4.78 is 0. The Kier molecular flexibility index (Phi) is 2.25. The molecular formula is C11H12N2S. The number of thiocarbonyl (C=S) groups is 1. The van der Waals surface area contributed by atoms with Crippen molar-refractivity contribution < 1.29 is 0 Å². The maximum absolute atomic E-state index is 5.26. The molecule has 0 atom stereocenters. The van der Waals surface area contributed by atoms with Crippen molar-refractivity contribution >= 4 is 28.5 Å². The molecule has 1 aromatic carbocycles. The summed E-state index contributed by atoms with van der Waals surface area (Å²) in [4.78, 5) is 2.81. The number of para-hydroxylation sites is 1. The van der Waals surface area contributed by atoms with Gasteiger partial charge in [-0.1, -0.05) is 30.4 Å². The highest BCUT2D eigenvalue weighted by Gasteiger charge is 2.19. The monoisotopic (exact) mass is 204 g/mol. The minimum Gasteiger partial charge on any atom is -0.383 e. The summed E-state index contributed by atoms with van der Waals surface area (Å²) >= 11 is 5.26. The highest BCUT2D eigenvalue weighted by atomic mass is 32.1. The van der Waals surface area contributed by atoms with Crippen molar-refractivity contribution in [2.75, 3.05) is 19.4 Å². The molecule has 0 radical (unpaired) electrons. The zero-order valence-corrected chi connectivity index (χ0v) is 9.06. The second-order valence-corrected chi connectivity index (χ2v) is 3.91. The van der Waals surface area contributed by atoms with Gasteiger partial charge in [0.05, 0.1) is 0 Å². The average molecular weight is 204 g/mol. The molecule has 2 rings (SSSR count). The molecule has 1 heterocycles. The average Bonchev–Trinajstić information content (AvgIpc) is 2.43. The van der Waals surface area contributed by atoms with Crippen molar-refractivity contribution in [2.45, 2.75) is 0 Å². The number of nitrogens with one attached hydrogen (secondary N) is 1. The molecule has 0 spiro atoms. The largest absolute Gasteiger partial charge is 0.383 e. The van der Waals surface area contributed by atoms with E-state index >= 15 is 0 Å². The number of nitrogens with zero attached hydrogens (tertiary/aromatic N) is 1. The molecule has 0 fully saturated rings. The third kappa shape index (κ3) is 1.51. The van der Waals surface area contributed by atoms with Gasteiger partial charge in [0.25, 0.3) is 0 Å². The van der Waals surface area contributed by atoms with Gasteiger partial charge in [0, 0.05) is 37.1 Å². The van der Waals surface area contributed by atoms with Gasteiger partial charge in [0.2, 0.25) is 0 Å². The Labute approximate surface area is 89.2 Å². The zero-order chi connectivity index (χ0) is 10.1. The number of hydrogen-bond acceptors (Lipinski definition) is 2. The van der Waals surface area contributed by atoms with E-state index in [1.807, 2.05) is 43.4 Å². The number of hydrogen-bond donors (Lipinski definition) is 1. The molecule has 1 aliphatic rings. The molecule has 0 amide bonds. The van der Waals surface area contributed by atoms with Crippen LogP contribution in [0.3, 0.4) is 0 Å². The quantitative estimate of drug-likeness (QED) is 0.558. The van der Waals surface area contributed by atoms with Crippen LogP contribution in [0.2, 0.25) is 0 Å². The van der Waals surface area contributed by atoms with Crippen LogP contribution >= 0.6 is 12.2 Å². The van der Waals surface area contributed by atoms with Gasteiger partial charge < -0.3 is 10.2 Å². The molecule has 0 aliphatic carbocycles. The van der Waals surface area contributed by atoms with Crippen LogP contribution in [0.4, 0.5) is 5.69 Å². The Hall–Kier alpha value is -1.35. The topological polar surface area (TPSA) is 15.3 Å². The summed E-state index contributed by atoms with van der Waals surface area (Å²) in [6.07, 6.45) is 2.04. The van der Waals surface area contributed by atoms with Gasteiger partial charge in [-0.3, -0.25) is 0 Å². The van der Waals surface area contributed by atoms with Crippen LogP contribution in [0.15, 0.2) is 30.5 Å². The highest BCUT2D eigenvalue weighted by molar-refractivity contribution is 7.81. The molecular weight excluding hydrogens is 192 g/mol. The Morgan fingerprint density at radius 3 is 2.71 bits per heavy atom. The second-order valence-electron chi connectivity index (χ2n) is 3.51. The summed E-state index contributed by atoms with van der Waals surface area (Å²) in [5.74, 6) is 0. The van der Waals surface area contributed by atoms with Crippen LogP contribution in [0.5, 0.6) is 0 Å². The van der Waals surface area contributed by atoms with Crippen LogP contribution in [0.1, 0.15) is 5.56 Å². The fourth-order valence-corrected chi connectivity index (χ4v) is 1.80. The Balaban J connectivity index is 2.50. The maximum atomic E-state index is 5.26. The minimum absolute atomic E-state index is 0.805. The molecule has 0 unspecified atom stereocenters. The highest BCUT2D eigenvalue weighted by Crippen LogP contribution is 2.31. The van der Waals surface area contributed by atoms with E-state index in [1.54, 1.807) is 0 Å². The maximum Gasteiger partial charge on any atom is 0.113 e. The molecule has 2 nitrogen and oxygen atoms in total. The van der Waals surface area contributed by atoms with Gasteiger partial charge in [0.15, 0.2) is 0 Å². The van der Waals surface area contributed by atoms with Gasteiger partial charge in [-0.25, -0.2) is 0 Å². The molecule has 0 saturated heterocycles. The lowest BCUT2D eigenvalue weighted by atomic mass is 10.1. The van der Waals surface area contributed by atoms with Crippen molar-refractivity contribution in [1.29, 1.82) is 0 Å². The molecule has 72 valence electrons. The van der Waals surface area contributed by atoms with E-state index in [0.29, 0.717) is 0 Å². The Bertz CT molecular complexity index is 408. The molecule has 3 heteroatoms. The number of fused-ring (bicyclic) bond motifs is 1. The lowest BCUT2D eigenvalue weighted by Gasteiger charge is -2.06. The Morgan fingerprint density at radius 2 is 2.00 bits per heavy atom. The number of anilines is 1. The first-order chi connectivity index (χ1) is 6.68. The zero-order valence-electron chi connectivity index (χ0n) is 8.24. The van der Waals surface area contributed by atoms with E-state index in [0.717, 1.165) is 16.2 Å². The van der Waals surface area contributed by atoms with E-state index in [9.17, 15) is 0 Å². The molecule has 1 N–H and O–H groups in total. The van der Waals surface area contributed by atoms with Gasteiger partial charge in [-0.05, 0) is 6.07 Å². The first-order valence-electron chi connectivity index (χ1n) is 4.47. The molecule has 1 aromatic rings. The van der Waals surface area contributed by atoms with Gasteiger partial charge in [0.1, 0.15) is 4.99 Å². The third-order valence-corrected chi connectivity index (χ3v) is 2.42. The van der Waals surface area contributed by atoms with Crippen LogP contribution in [-0.2, 0) is 0 Å². The van der Waals surface area contributed by atoms with E-state index in [4.69, 9.17) is 12.2 Å². The van der Waals surface area contributed by atoms with Crippen molar-refractivity contribution in [3.05, 3.63) is 36.0 Å². The number of rotatable bonds is 1. The van der Waals surface area contributed by atoms with Crippen molar-refractivity contribution in [3.63, 3.8) is 0 Å². The third-order valence-electron chi connectivity index (χ3n) is 2.10. The predicted molar refractivity (Wildman–Crippen MR) is 64.3 cm³/mol. The van der Waals surface area contributed by atoms with Crippen molar-refractivity contribution in [2.24, 2.45) is 0 Å². The van der Waals surface area contributed by atoms with Crippen LogP contribution in [-0.4, -0.2) is 24.0 Å². The molecule has 14 heavy (non-hydrogen) atoms. The van der Waals surface area contributed by atoms with E-state index in [1.165, 1.54) is 5.56 Å². The molecule has 0 saturated carbocycles. The summed E-state index contributed by atoms with van der Waals surface area (Å²) in [7, 11) is 3.99. The molecule has 0 aromatic heterocycles. The lowest BCUT2D eigenvalue weighted by molar-refractivity contribution is 0.566. The molecule has 1 aliphatic heterocycles. The summed E-state index contributed by atoms with van der Waals surface area (Å²) in [6, 6.07) is 8.15. The fraction of sp³-hybridized carbons (Fsp3) is 0.182. The van der Waals surface area contributed by atoms with Gasteiger partial charge in [-0.2, -0.15) is 0 Å². The van der Waals surface area contributed by atoms with E-state index in [2.05, 4.69) is 11.4 Å². The smallest absolute Gasteiger partial charge is 0.113 e. The second kappa shape index (κ2) is 3.42. The first-order valence-corrected chi connectivity index (χ1v) is 4.88. The lowest BCUT2D eigenvalue weighted by Crippen LogP contribution is -2.07. The number of benzene rings is 1. The SMILES string of the molecule is CN(C)C=C1C(=S)Nc2ccccc21. The summed E-state index contributed by atoms with van der Waals surface area (Å²) in [6.45, 7) is 0. The summed E-state index contributed by atoms with van der Waals surface area (Å²) in [5.41, 5.74) is 3.39. The normalized spacial score (nSPS) is 16.7. The van der Waals surface area contributed by atoms with E-state index < -0.39 is 0 Å². The van der Waals surface area contributed by atoms with Crippen molar-refractivity contribution in [3.8, 4) is 0 Å². The summed E-state index contributed by atoms with van der Waals surface area (Å²) in [5, 5.41) is 3.19. The van der Waals surface area contributed by atoms with Crippen LogP contribution < -0.4 is 5.32 Å². The standard InChI is InChI=1S/C11H12N2S/c1-13(2)7-9-8-5-3-4-6-10(8)12-11(9)14/h3-7H,1-2H3,(H,12,14). The predicted octanol–water partition coefficient (Wildman–Crippen LogP) is 2.34. The van der Waals surface area contributed by atoms with Gasteiger partial charge in [-0.15, -0.1) is 0 Å². The van der Waals surface area contributed by atoms with Crippen LogP contribution in [0.25, 0.3) is 5.57 Å². The fourth-order valence-electron chi connectivity index (χ4n) is 1.53. The molecule has 0 bridgehead atoms. The van der Waals surface area contributed by atoms with Crippen LogP contribution in [0, 0.1) is 0 Å². The minimum atomic E-state index is 0.805. The van der Waals surface area contributed by atoms with Crippen molar-refractivity contribution in [1.82, 2.24) is 4.90 Å². The first kappa shape index (κ1) is 9.21. The van der Waals surface area contributed by atoms with E-state index in [-0.39, 0.29) is 0 Å².